The van der Waals surface area contributed by atoms with Crippen molar-refractivity contribution in [3.63, 3.8) is 0 Å². The van der Waals surface area contributed by atoms with Gasteiger partial charge in [0.1, 0.15) is 22.3 Å². The highest BCUT2D eigenvalue weighted by Gasteiger charge is 2.22. The van der Waals surface area contributed by atoms with E-state index in [1.54, 1.807) is 0 Å². The minimum Gasteiger partial charge on any atom is -0.455 e. The molecule has 0 aliphatic carbocycles. The Kier molecular flexibility index (Phi) is 6.42. The molecule has 0 amide bonds. The number of aromatic nitrogens is 3. The summed E-state index contributed by atoms with van der Waals surface area (Å²) in [4.78, 5) is 14.9. The van der Waals surface area contributed by atoms with Gasteiger partial charge in [-0.1, -0.05) is 146 Å². The van der Waals surface area contributed by atoms with Crippen LogP contribution in [0.5, 0.6) is 0 Å². The van der Waals surface area contributed by atoms with Crippen LogP contribution in [0.15, 0.2) is 173 Å². The SMILES string of the molecule is c1ccc(-c2nc(-c3ccccc3)nc(-c3cccc4c3oc3c(-c5ccc(-c6ccccc6)c6c5oc5ccccc56)cccc34)n2)cc1. The zero-order chi connectivity index (χ0) is 33.0. The molecule has 0 unspecified atom stereocenters. The van der Waals surface area contributed by atoms with Crippen LogP contribution >= 0.6 is 0 Å². The molecule has 0 spiro atoms. The van der Waals surface area contributed by atoms with E-state index in [-0.39, 0.29) is 0 Å². The van der Waals surface area contributed by atoms with Crippen LogP contribution in [0.4, 0.5) is 0 Å². The molecule has 0 bridgehead atoms. The molecule has 0 radical (unpaired) electrons. The summed E-state index contributed by atoms with van der Waals surface area (Å²) in [6.45, 7) is 0. The van der Waals surface area contributed by atoms with Gasteiger partial charge in [0.15, 0.2) is 17.5 Å². The highest BCUT2D eigenvalue weighted by molar-refractivity contribution is 6.19. The topological polar surface area (TPSA) is 65.0 Å². The van der Waals surface area contributed by atoms with Crippen molar-refractivity contribution in [1.29, 1.82) is 0 Å². The third kappa shape index (κ3) is 4.52. The molecule has 3 heterocycles. The van der Waals surface area contributed by atoms with Crippen LogP contribution in [0.2, 0.25) is 0 Å². The fourth-order valence-electron chi connectivity index (χ4n) is 7.04. The minimum absolute atomic E-state index is 0.552. The average Bonchev–Trinajstić information content (AvgIpc) is 3.78. The predicted molar refractivity (Wildman–Crippen MR) is 202 cm³/mol. The Labute approximate surface area is 287 Å². The lowest BCUT2D eigenvalue weighted by Gasteiger charge is -2.09. The highest BCUT2D eigenvalue weighted by atomic mass is 16.3. The second-order valence-electron chi connectivity index (χ2n) is 12.3. The summed E-state index contributed by atoms with van der Waals surface area (Å²) in [6.07, 6.45) is 0. The maximum Gasteiger partial charge on any atom is 0.167 e. The van der Waals surface area contributed by atoms with Crippen LogP contribution in [0.3, 0.4) is 0 Å². The highest BCUT2D eigenvalue weighted by Crippen LogP contribution is 2.45. The molecule has 0 N–H and O–H groups in total. The largest absolute Gasteiger partial charge is 0.455 e. The molecule has 0 aliphatic rings. The van der Waals surface area contributed by atoms with Gasteiger partial charge in [-0.05, 0) is 29.3 Å². The van der Waals surface area contributed by atoms with Gasteiger partial charge in [0, 0.05) is 43.8 Å². The molecule has 10 aromatic rings. The first-order valence-electron chi connectivity index (χ1n) is 16.6. The van der Waals surface area contributed by atoms with Gasteiger partial charge in [0.25, 0.3) is 0 Å². The Bertz CT molecular complexity index is 2800. The Morgan fingerprint density at radius 2 is 0.780 bits per heavy atom. The smallest absolute Gasteiger partial charge is 0.167 e. The van der Waals surface area contributed by atoms with Crippen LogP contribution in [0.25, 0.3) is 100 Å². The standard InChI is InChI=1S/C45H27N3O2/c1-4-14-28(15-5-1)31-26-27-35(42-39(31)36-20-10-11-25-38(36)49-42)34-22-12-21-32-33-23-13-24-37(41(33)50-40(32)34)45-47-43(29-16-6-2-7-17-29)46-44(48-45)30-18-8-3-9-19-30/h1-27H. The van der Waals surface area contributed by atoms with E-state index in [1.807, 2.05) is 91.0 Å². The van der Waals surface area contributed by atoms with E-state index in [0.29, 0.717) is 17.5 Å². The van der Waals surface area contributed by atoms with Crippen molar-refractivity contribution >= 4 is 43.9 Å². The summed E-state index contributed by atoms with van der Waals surface area (Å²) in [6, 6.07) is 55.6. The minimum atomic E-state index is 0.552. The third-order valence-corrected chi connectivity index (χ3v) is 9.37. The normalized spacial score (nSPS) is 11.6. The Balaban J connectivity index is 1.21. The maximum atomic E-state index is 6.91. The van der Waals surface area contributed by atoms with Crippen molar-refractivity contribution in [2.45, 2.75) is 0 Å². The second kappa shape index (κ2) is 11.4. The average molecular weight is 642 g/mol. The van der Waals surface area contributed by atoms with Crippen LogP contribution in [-0.4, -0.2) is 15.0 Å². The van der Waals surface area contributed by atoms with E-state index < -0.39 is 0 Å². The molecule has 0 fully saturated rings. The van der Waals surface area contributed by atoms with Gasteiger partial charge >= 0.3 is 0 Å². The summed E-state index contributed by atoms with van der Waals surface area (Å²) >= 11 is 0. The van der Waals surface area contributed by atoms with E-state index in [1.165, 1.54) is 0 Å². The molecule has 0 saturated heterocycles. The van der Waals surface area contributed by atoms with E-state index >= 15 is 0 Å². The second-order valence-corrected chi connectivity index (χ2v) is 12.3. The first-order chi connectivity index (χ1) is 24.8. The molecular weight excluding hydrogens is 615 g/mol. The Hall–Kier alpha value is -6.85. The monoisotopic (exact) mass is 641 g/mol. The number of rotatable bonds is 5. The number of hydrogen-bond acceptors (Lipinski definition) is 5. The van der Waals surface area contributed by atoms with Crippen LogP contribution < -0.4 is 0 Å². The summed E-state index contributed by atoms with van der Waals surface area (Å²) in [5.41, 5.74) is 10.0. The molecule has 5 nitrogen and oxygen atoms in total. The van der Waals surface area contributed by atoms with Gasteiger partial charge in [0.2, 0.25) is 0 Å². The number of para-hydroxylation sites is 3. The van der Waals surface area contributed by atoms with Gasteiger partial charge in [-0.2, -0.15) is 0 Å². The predicted octanol–water partition coefficient (Wildman–Crippen LogP) is 12.0. The first kappa shape index (κ1) is 28.2. The number of fused-ring (bicyclic) bond motifs is 6. The lowest BCUT2D eigenvalue weighted by Crippen LogP contribution is -2.00. The van der Waals surface area contributed by atoms with E-state index in [0.717, 1.165) is 82.8 Å². The number of benzene rings is 7. The van der Waals surface area contributed by atoms with Gasteiger partial charge in [-0.25, -0.2) is 15.0 Å². The third-order valence-electron chi connectivity index (χ3n) is 9.37. The molecular formula is C45H27N3O2. The molecule has 0 saturated carbocycles. The molecule has 5 heteroatoms. The molecule has 7 aromatic carbocycles. The van der Waals surface area contributed by atoms with Crippen molar-refractivity contribution in [2.24, 2.45) is 0 Å². The lowest BCUT2D eigenvalue weighted by molar-refractivity contribution is 0.665. The van der Waals surface area contributed by atoms with Gasteiger partial charge < -0.3 is 8.83 Å². The van der Waals surface area contributed by atoms with Crippen LogP contribution in [0, 0.1) is 0 Å². The van der Waals surface area contributed by atoms with E-state index in [4.69, 9.17) is 23.8 Å². The van der Waals surface area contributed by atoms with Gasteiger partial charge in [-0.15, -0.1) is 0 Å². The van der Waals surface area contributed by atoms with Crippen molar-refractivity contribution in [3.05, 3.63) is 164 Å². The fourth-order valence-corrected chi connectivity index (χ4v) is 7.04. The van der Waals surface area contributed by atoms with Crippen LogP contribution in [-0.2, 0) is 0 Å². The summed E-state index contributed by atoms with van der Waals surface area (Å²) < 4.78 is 13.6. The van der Waals surface area contributed by atoms with E-state index in [9.17, 15) is 0 Å². The number of nitrogens with zero attached hydrogens (tertiary/aromatic N) is 3. The van der Waals surface area contributed by atoms with Crippen LogP contribution in [0.1, 0.15) is 0 Å². The van der Waals surface area contributed by atoms with Crippen molar-refractivity contribution in [2.75, 3.05) is 0 Å². The Morgan fingerprint density at radius 3 is 1.44 bits per heavy atom. The molecule has 234 valence electrons. The zero-order valence-electron chi connectivity index (χ0n) is 26.7. The number of furan rings is 2. The summed E-state index contributed by atoms with van der Waals surface area (Å²) in [7, 11) is 0. The molecule has 50 heavy (non-hydrogen) atoms. The lowest BCUT2D eigenvalue weighted by atomic mass is 9.94. The quantitative estimate of drug-likeness (QED) is 0.187. The fraction of sp³-hybridized carbons (Fsp3) is 0. The molecule has 3 aromatic heterocycles. The summed E-state index contributed by atoms with van der Waals surface area (Å²) in [5, 5.41) is 4.17. The zero-order valence-corrected chi connectivity index (χ0v) is 26.7. The van der Waals surface area contributed by atoms with Gasteiger partial charge in [0.05, 0.1) is 5.56 Å². The Morgan fingerprint density at radius 1 is 0.300 bits per heavy atom. The number of hydrogen-bond donors (Lipinski definition) is 0. The molecule has 0 aliphatic heterocycles. The molecule has 10 rings (SSSR count). The van der Waals surface area contributed by atoms with Crippen molar-refractivity contribution < 1.29 is 8.83 Å². The van der Waals surface area contributed by atoms with E-state index in [2.05, 4.69) is 72.8 Å². The first-order valence-corrected chi connectivity index (χ1v) is 16.6. The maximum absolute atomic E-state index is 6.91. The van der Waals surface area contributed by atoms with Crippen molar-refractivity contribution in [3.8, 4) is 56.4 Å². The van der Waals surface area contributed by atoms with Gasteiger partial charge in [-0.3, -0.25) is 0 Å². The molecule has 0 atom stereocenters. The summed E-state index contributed by atoms with van der Waals surface area (Å²) in [5.74, 6) is 1.76. The van der Waals surface area contributed by atoms with Crippen molar-refractivity contribution in [1.82, 2.24) is 15.0 Å².